The van der Waals surface area contributed by atoms with Crippen molar-refractivity contribution < 1.29 is 23.5 Å². The molecule has 0 radical (unpaired) electrons. The molecule has 0 N–H and O–H groups in total. The van der Waals surface area contributed by atoms with E-state index in [1.54, 1.807) is 13.8 Å². The first-order chi connectivity index (χ1) is 16.8. The molecule has 0 aromatic carbocycles. The van der Waals surface area contributed by atoms with E-state index in [4.69, 9.17) is 9.47 Å². The fraction of sp³-hybridized carbons (Fsp3) is 0.871. The number of alkyl halides is 1. The molecule has 5 heteroatoms. The molecule has 0 aromatic rings. The number of carbonyl (C=O) groups is 2. The maximum atomic E-state index is 14.1. The zero-order chi connectivity index (χ0) is 26.5. The second kappa shape index (κ2) is 10.1. The van der Waals surface area contributed by atoms with Crippen LogP contribution < -0.4 is 0 Å². The summed E-state index contributed by atoms with van der Waals surface area (Å²) in [6.45, 7) is 13.6. The van der Waals surface area contributed by atoms with E-state index in [-0.39, 0.29) is 29.6 Å². The number of hydrogen-bond donors (Lipinski definition) is 0. The summed E-state index contributed by atoms with van der Waals surface area (Å²) >= 11 is 0. The van der Waals surface area contributed by atoms with E-state index >= 15 is 0 Å². The van der Waals surface area contributed by atoms with Crippen molar-refractivity contribution in [2.45, 2.75) is 131 Å². The van der Waals surface area contributed by atoms with Crippen LogP contribution in [0.1, 0.15) is 113 Å². The molecule has 4 rings (SSSR count). The Hall–Kier alpha value is -1.39. The molecule has 4 aliphatic carbocycles. The van der Waals surface area contributed by atoms with Gasteiger partial charge in [0.1, 0.15) is 17.9 Å². The van der Waals surface area contributed by atoms with Crippen LogP contribution in [0.15, 0.2) is 11.6 Å². The van der Waals surface area contributed by atoms with Crippen LogP contribution in [-0.4, -0.2) is 29.8 Å². The maximum Gasteiger partial charge on any atom is 0.302 e. The molecule has 0 amide bonds. The van der Waals surface area contributed by atoms with Crippen LogP contribution >= 0.6 is 0 Å². The summed E-state index contributed by atoms with van der Waals surface area (Å²) in [7, 11) is 0. The molecule has 36 heavy (non-hydrogen) atoms. The highest BCUT2D eigenvalue weighted by atomic mass is 19.1. The summed E-state index contributed by atoms with van der Waals surface area (Å²) in [5.41, 5.74) is 0.393. The fourth-order valence-electron chi connectivity index (χ4n) is 9.37. The summed E-state index contributed by atoms with van der Waals surface area (Å²) in [6.07, 6.45) is 12.0. The third-order valence-corrected chi connectivity index (χ3v) is 11.0. The largest absolute Gasteiger partial charge is 0.462 e. The van der Waals surface area contributed by atoms with Crippen molar-refractivity contribution in [3.8, 4) is 0 Å². The lowest BCUT2D eigenvalue weighted by atomic mass is 9.46. The minimum atomic E-state index is -1.07. The third-order valence-electron chi connectivity index (χ3n) is 11.0. The van der Waals surface area contributed by atoms with E-state index in [1.807, 2.05) is 0 Å². The van der Waals surface area contributed by atoms with Gasteiger partial charge >= 0.3 is 11.9 Å². The van der Waals surface area contributed by atoms with Crippen LogP contribution in [0.3, 0.4) is 0 Å². The number of carbonyl (C=O) groups excluding carboxylic acids is 2. The van der Waals surface area contributed by atoms with Crippen LogP contribution in [0, 0.1) is 40.4 Å². The molecule has 0 aliphatic heterocycles. The normalized spacial score (nSPS) is 40.8. The van der Waals surface area contributed by atoms with Crippen LogP contribution in [0.5, 0.6) is 0 Å². The third kappa shape index (κ3) is 5.14. The zero-order valence-electron chi connectivity index (χ0n) is 23.7. The summed E-state index contributed by atoms with van der Waals surface area (Å²) in [4.78, 5) is 23.8. The van der Waals surface area contributed by atoms with E-state index in [2.05, 4.69) is 26.8 Å². The van der Waals surface area contributed by atoms with Gasteiger partial charge in [-0.1, -0.05) is 45.3 Å². The van der Waals surface area contributed by atoms with Crippen molar-refractivity contribution in [1.29, 1.82) is 0 Å². The molecule has 204 valence electrons. The van der Waals surface area contributed by atoms with E-state index in [0.717, 1.165) is 32.1 Å². The highest BCUT2D eigenvalue weighted by Crippen LogP contribution is 2.67. The number of esters is 2. The molecular weight excluding hydrogens is 455 g/mol. The summed E-state index contributed by atoms with van der Waals surface area (Å²) < 4.78 is 25.7. The van der Waals surface area contributed by atoms with Crippen LogP contribution in [0.25, 0.3) is 0 Å². The predicted octanol–water partition coefficient (Wildman–Crippen LogP) is 7.59. The fourth-order valence-corrected chi connectivity index (χ4v) is 9.37. The molecule has 0 aromatic heterocycles. The quantitative estimate of drug-likeness (QED) is 0.265. The van der Waals surface area contributed by atoms with Crippen LogP contribution in [0.2, 0.25) is 0 Å². The number of halogens is 1. The lowest BCUT2D eigenvalue weighted by Crippen LogP contribution is -2.57. The molecule has 0 bridgehead atoms. The zero-order valence-corrected chi connectivity index (χ0v) is 23.7. The van der Waals surface area contributed by atoms with Gasteiger partial charge in [0.25, 0.3) is 0 Å². The Kier molecular flexibility index (Phi) is 7.72. The first kappa shape index (κ1) is 27.6. The van der Waals surface area contributed by atoms with Crippen LogP contribution in [-0.2, 0) is 19.1 Å². The molecule has 0 saturated heterocycles. The van der Waals surface area contributed by atoms with Crippen molar-refractivity contribution in [2.24, 2.45) is 40.4 Å². The van der Waals surface area contributed by atoms with Crippen LogP contribution in [0.4, 0.5) is 4.39 Å². The number of fused-ring (bicyclic) bond motifs is 5. The van der Waals surface area contributed by atoms with E-state index in [1.165, 1.54) is 38.7 Å². The predicted molar refractivity (Wildman–Crippen MR) is 140 cm³/mol. The minimum absolute atomic E-state index is 0.191. The molecule has 4 nitrogen and oxygen atoms in total. The Morgan fingerprint density at radius 3 is 2.44 bits per heavy atom. The van der Waals surface area contributed by atoms with E-state index in [0.29, 0.717) is 47.8 Å². The average Bonchev–Trinajstić information content (AvgIpc) is 3.10. The lowest BCUT2D eigenvalue weighted by Gasteiger charge is -2.60. The monoisotopic (exact) mass is 504 g/mol. The summed E-state index contributed by atoms with van der Waals surface area (Å²) in [5.74, 6) is 2.57. The lowest BCUT2D eigenvalue weighted by molar-refractivity contribution is -0.172. The van der Waals surface area contributed by atoms with Gasteiger partial charge in [-0.25, -0.2) is 4.39 Å². The van der Waals surface area contributed by atoms with Crippen molar-refractivity contribution in [1.82, 2.24) is 0 Å². The molecule has 4 aliphatic rings. The van der Waals surface area contributed by atoms with E-state index < -0.39 is 5.67 Å². The number of allylic oxidation sites excluding steroid dienone is 1. The summed E-state index contributed by atoms with van der Waals surface area (Å²) in [5, 5.41) is 0. The standard InChI is InChI=1S/C31H49FO4/c1-19(9-8-15-29(4,5)32)25-12-13-26-24-11-10-22-17-23(35-20(2)33)18-28(36-21(3)34)31(22,7)27(24)14-16-30(25,26)6/h10,19,23-28H,8-9,11-18H2,1-7H3/t19-,23?,24?,25-,26?,27?,28+,30-,31+/m1/s1. The van der Waals surface area contributed by atoms with Gasteiger partial charge in [-0.15, -0.1) is 0 Å². The molecular formula is C31H49FO4. The first-order valence-corrected chi connectivity index (χ1v) is 14.5. The van der Waals surface area contributed by atoms with Crippen molar-refractivity contribution >= 4 is 11.9 Å². The van der Waals surface area contributed by atoms with Gasteiger partial charge in [-0.05, 0) is 87.4 Å². The van der Waals surface area contributed by atoms with Gasteiger partial charge in [-0.2, -0.15) is 0 Å². The van der Waals surface area contributed by atoms with Crippen molar-refractivity contribution in [3.63, 3.8) is 0 Å². The van der Waals surface area contributed by atoms with Gasteiger partial charge in [0.2, 0.25) is 0 Å². The highest BCUT2D eigenvalue weighted by molar-refractivity contribution is 5.67. The summed E-state index contributed by atoms with van der Waals surface area (Å²) in [6, 6.07) is 0. The Labute approximate surface area is 218 Å². The Balaban J connectivity index is 1.54. The molecule has 3 saturated carbocycles. The van der Waals surface area contributed by atoms with Gasteiger partial charge in [0.05, 0.1) is 0 Å². The second-order valence-electron chi connectivity index (χ2n) is 13.7. The molecule has 0 heterocycles. The number of ether oxygens (including phenoxy) is 2. The van der Waals surface area contributed by atoms with E-state index in [9.17, 15) is 14.0 Å². The van der Waals surface area contributed by atoms with Gasteiger partial charge in [0, 0.05) is 32.1 Å². The van der Waals surface area contributed by atoms with Gasteiger partial charge < -0.3 is 9.47 Å². The average molecular weight is 505 g/mol. The number of hydrogen-bond acceptors (Lipinski definition) is 4. The number of rotatable bonds is 7. The molecule has 4 unspecified atom stereocenters. The van der Waals surface area contributed by atoms with Gasteiger partial charge in [-0.3, -0.25) is 9.59 Å². The van der Waals surface area contributed by atoms with Gasteiger partial charge in [0.15, 0.2) is 0 Å². The Morgan fingerprint density at radius 1 is 1.11 bits per heavy atom. The second-order valence-corrected chi connectivity index (χ2v) is 13.7. The highest BCUT2D eigenvalue weighted by Gasteiger charge is 2.62. The molecule has 9 atom stereocenters. The smallest absolute Gasteiger partial charge is 0.302 e. The Morgan fingerprint density at radius 2 is 1.81 bits per heavy atom. The first-order valence-electron chi connectivity index (χ1n) is 14.5. The van der Waals surface area contributed by atoms with Crippen molar-refractivity contribution in [2.75, 3.05) is 0 Å². The maximum absolute atomic E-state index is 14.1. The topological polar surface area (TPSA) is 52.6 Å². The van der Waals surface area contributed by atoms with Crippen molar-refractivity contribution in [3.05, 3.63) is 11.6 Å². The SMILES string of the molecule is CC(=O)OC1CC2=CCC3C4CC[C@H]([C@H](C)CCCC(C)(C)F)[C@@]4(C)CCC3[C@@]2(C)[C@@H](OC(C)=O)C1. The Bertz CT molecular complexity index is 874. The molecule has 0 spiro atoms. The minimum Gasteiger partial charge on any atom is -0.462 e. The molecule has 3 fully saturated rings.